The molecule has 0 aliphatic carbocycles. The van der Waals surface area contributed by atoms with Gasteiger partial charge in [0.2, 0.25) is 0 Å². The highest BCUT2D eigenvalue weighted by Crippen LogP contribution is 2.31. The number of esters is 1. The van der Waals surface area contributed by atoms with Crippen molar-refractivity contribution in [3.63, 3.8) is 0 Å². The van der Waals surface area contributed by atoms with Crippen molar-refractivity contribution in [1.29, 1.82) is 0 Å². The Labute approximate surface area is 141 Å². The molecule has 0 bridgehead atoms. The zero-order valence-corrected chi connectivity index (χ0v) is 15.0. The standard InChI is InChI=1S/C19H34O4/c1-3-4-5-6-10-13-17-18(23-17)15-16(20)12-9-7-8-11-14-19(21)22-2/h17-18H,3-15H2,1-2H3. The molecule has 23 heavy (non-hydrogen) atoms. The summed E-state index contributed by atoms with van der Waals surface area (Å²) in [5.41, 5.74) is 0. The fourth-order valence-electron chi connectivity index (χ4n) is 2.94. The van der Waals surface area contributed by atoms with Gasteiger partial charge in [-0.25, -0.2) is 0 Å². The van der Waals surface area contributed by atoms with Crippen molar-refractivity contribution in [3.8, 4) is 0 Å². The number of ketones is 1. The average Bonchev–Trinajstić information content (AvgIpc) is 3.27. The van der Waals surface area contributed by atoms with Gasteiger partial charge in [-0.2, -0.15) is 0 Å². The van der Waals surface area contributed by atoms with E-state index in [-0.39, 0.29) is 12.1 Å². The van der Waals surface area contributed by atoms with Crippen LogP contribution < -0.4 is 0 Å². The first kappa shape index (κ1) is 20.1. The van der Waals surface area contributed by atoms with Crippen LogP contribution in [0.2, 0.25) is 0 Å². The van der Waals surface area contributed by atoms with E-state index < -0.39 is 0 Å². The Morgan fingerprint density at radius 3 is 2.22 bits per heavy atom. The molecule has 0 spiro atoms. The lowest BCUT2D eigenvalue weighted by Gasteiger charge is -2.01. The summed E-state index contributed by atoms with van der Waals surface area (Å²) in [6.07, 6.45) is 13.6. The molecule has 1 aliphatic heterocycles. The van der Waals surface area contributed by atoms with Crippen LogP contribution >= 0.6 is 0 Å². The van der Waals surface area contributed by atoms with E-state index in [4.69, 9.17) is 4.74 Å². The molecule has 0 radical (unpaired) electrons. The van der Waals surface area contributed by atoms with Gasteiger partial charge >= 0.3 is 5.97 Å². The van der Waals surface area contributed by atoms with Crippen LogP contribution in [0.5, 0.6) is 0 Å². The Hall–Kier alpha value is -0.900. The number of hydrogen-bond donors (Lipinski definition) is 0. The molecule has 1 heterocycles. The zero-order chi connectivity index (χ0) is 16.9. The molecule has 0 N–H and O–H groups in total. The molecule has 0 aromatic carbocycles. The third-order valence-corrected chi connectivity index (χ3v) is 4.52. The van der Waals surface area contributed by atoms with Crippen LogP contribution in [0.15, 0.2) is 0 Å². The third-order valence-electron chi connectivity index (χ3n) is 4.52. The van der Waals surface area contributed by atoms with Crippen LogP contribution in [0, 0.1) is 0 Å². The van der Waals surface area contributed by atoms with E-state index in [9.17, 15) is 9.59 Å². The third kappa shape index (κ3) is 10.5. The highest BCUT2D eigenvalue weighted by Gasteiger charge is 2.38. The molecule has 2 unspecified atom stereocenters. The quantitative estimate of drug-likeness (QED) is 0.251. The molecule has 1 saturated heterocycles. The lowest BCUT2D eigenvalue weighted by Crippen LogP contribution is -2.05. The number of hydrogen-bond acceptors (Lipinski definition) is 4. The molecule has 0 aromatic rings. The monoisotopic (exact) mass is 326 g/mol. The summed E-state index contributed by atoms with van der Waals surface area (Å²) >= 11 is 0. The number of ether oxygens (including phenoxy) is 2. The van der Waals surface area contributed by atoms with Crippen LogP contribution in [0.3, 0.4) is 0 Å². The number of epoxide rings is 1. The highest BCUT2D eigenvalue weighted by molar-refractivity contribution is 5.79. The van der Waals surface area contributed by atoms with Gasteiger partial charge in [-0.3, -0.25) is 9.59 Å². The van der Waals surface area contributed by atoms with Gasteiger partial charge in [-0.05, 0) is 19.3 Å². The SMILES string of the molecule is CCCCCCCC1OC1CC(=O)CCCCCCC(=O)OC. The van der Waals surface area contributed by atoms with E-state index in [0.29, 0.717) is 31.1 Å². The van der Waals surface area contributed by atoms with Gasteiger partial charge in [-0.1, -0.05) is 51.9 Å². The Balaban J connectivity index is 1.88. The van der Waals surface area contributed by atoms with Crippen molar-refractivity contribution in [3.05, 3.63) is 0 Å². The number of carbonyl (C=O) groups is 2. The van der Waals surface area contributed by atoms with Gasteiger partial charge in [0.05, 0.1) is 19.3 Å². The molecule has 134 valence electrons. The fraction of sp³-hybridized carbons (Fsp3) is 0.895. The molecule has 0 aromatic heterocycles. The number of unbranched alkanes of at least 4 members (excludes halogenated alkanes) is 7. The fourth-order valence-corrected chi connectivity index (χ4v) is 2.94. The molecular formula is C19H34O4. The molecule has 2 atom stereocenters. The van der Waals surface area contributed by atoms with Crippen molar-refractivity contribution in [1.82, 2.24) is 0 Å². The summed E-state index contributed by atoms with van der Waals surface area (Å²) < 4.78 is 10.2. The number of Topliss-reactive ketones (excluding diaryl/α,β-unsaturated/α-hetero) is 1. The van der Waals surface area contributed by atoms with Gasteiger partial charge < -0.3 is 9.47 Å². The molecule has 0 saturated carbocycles. The van der Waals surface area contributed by atoms with E-state index in [1.54, 1.807) is 0 Å². The predicted octanol–water partition coefficient (Wildman–Crippen LogP) is 4.59. The lowest BCUT2D eigenvalue weighted by molar-refractivity contribution is -0.140. The first-order valence-corrected chi connectivity index (χ1v) is 9.41. The first-order chi connectivity index (χ1) is 11.2. The van der Waals surface area contributed by atoms with Gasteiger partial charge in [0.15, 0.2) is 0 Å². The normalized spacial score (nSPS) is 19.6. The number of carbonyl (C=O) groups excluding carboxylic acids is 2. The average molecular weight is 326 g/mol. The van der Waals surface area contributed by atoms with Gasteiger partial charge in [0.1, 0.15) is 5.78 Å². The molecular weight excluding hydrogens is 292 g/mol. The van der Waals surface area contributed by atoms with Crippen molar-refractivity contribution in [2.24, 2.45) is 0 Å². The van der Waals surface area contributed by atoms with Crippen molar-refractivity contribution in [2.75, 3.05) is 7.11 Å². The maximum Gasteiger partial charge on any atom is 0.305 e. The number of rotatable bonds is 15. The van der Waals surface area contributed by atoms with Gasteiger partial charge in [0, 0.05) is 19.3 Å². The topological polar surface area (TPSA) is 55.9 Å². The lowest BCUT2D eigenvalue weighted by atomic mass is 10.0. The Morgan fingerprint density at radius 1 is 0.870 bits per heavy atom. The van der Waals surface area contributed by atoms with E-state index in [2.05, 4.69) is 11.7 Å². The molecule has 1 rings (SSSR count). The van der Waals surface area contributed by atoms with Gasteiger partial charge in [-0.15, -0.1) is 0 Å². The van der Waals surface area contributed by atoms with Crippen LogP contribution in [0.25, 0.3) is 0 Å². The van der Waals surface area contributed by atoms with Crippen LogP contribution in [-0.2, 0) is 19.1 Å². The number of methoxy groups -OCH3 is 1. The van der Waals surface area contributed by atoms with E-state index >= 15 is 0 Å². The highest BCUT2D eigenvalue weighted by atomic mass is 16.6. The van der Waals surface area contributed by atoms with Crippen molar-refractivity contribution in [2.45, 2.75) is 103 Å². The summed E-state index contributed by atoms with van der Waals surface area (Å²) in [5.74, 6) is 0.184. The molecule has 4 nitrogen and oxygen atoms in total. The largest absolute Gasteiger partial charge is 0.469 e. The van der Waals surface area contributed by atoms with Crippen LogP contribution in [0.1, 0.15) is 90.4 Å². The van der Waals surface area contributed by atoms with Crippen molar-refractivity contribution >= 4 is 11.8 Å². The van der Waals surface area contributed by atoms with E-state index in [1.165, 1.54) is 39.2 Å². The van der Waals surface area contributed by atoms with Gasteiger partial charge in [0.25, 0.3) is 0 Å². The molecule has 4 heteroatoms. The maximum atomic E-state index is 11.9. The zero-order valence-electron chi connectivity index (χ0n) is 15.0. The first-order valence-electron chi connectivity index (χ1n) is 9.41. The maximum absolute atomic E-state index is 11.9. The van der Waals surface area contributed by atoms with Crippen LogP contribution in [0.4, 0.5) is 0 Å². The Kier molecular flexibility index (Phi) is 11.0. The second-order valence-electron chi connectivity index (χ2n) is 6.65. The Morgan fingerprint density at radius 2 is 1.52 bits per heavy atom. The van der Waals surface area contributed by atoms with E-state index in [0.717, 1.165) is 32.1 Å². The minimum Gasteiger partial charge on any atom is -0.469 e. The summed E-state index contributed by atoms with van der Waals surface area (Å²) in [6.45, 7) is 2.23. The smallest absolute Gasteiger partial charge is 0.305 e. The second kappa shape index (κ2) is 12.5. The Bertz CT molecular complexity index is 340. The minimum atomic E-state index is -0.146. The summed E-state index contributed by atoms with van der Waals surface area (Å²) in [4.78, 5) is 22.8. The second-order valence-corrected chi connectivity index (χ2v) is 6.65. The minimum absolute atomic E-state index is 0.146. The summed E-state index contributed by atoms with van der Waals surface area (Å²) in [5, 5.41) is 0. The summed E-state index contributed by atoms with van der Waals surface area (Å²) in [7, 11) is 1.42. The summed E-state index contributed by atoms with van der Waals surface area (Å²) in [6, 6.07) is 0. The van der Waals surface area contributed by atoms with E-state index in [1.807, 2.05) is 0 Å². The predicted molar refractivity (Wildman–Crippen MR) is 91.4 cm³/mol. The van der Waals surface area contributed by atoms with Crippen molar-refractivity contribution < 1.29 is 19.1 Å². The molecule has 0 amide bonds. The molecule has 1 aliphatic rings. The van der Waals surface area contributed by atoms with Crippen LogP contribution in [-0.4, -0.2) is 31.1 Å². The molecule has 1 fully saturated rings.